The number of nitrogens with zero attached hydrogens (tertiary/aromatic N) is 1. The van der Waals surface area contributed by atoms with Gasteiger partial charge in [-0.1, -0.05) is 36.8 Å². The van der Waals surface area contributed by atoms with Gasteiger partial charge in [0.1, 0.15) is 0 Å². The Bertz CT molecular complexity index is 517. The van der Waals surface area contributed by atoms with Gasteiger partial charge in [-0.2, -0.15) is 0 Å². The van der Waals surface area contributed by atoms with Crippen LogP contribution in [0.5, 0.6) is 0 Å². The van der Waals surface area contributed by atoms with E-state index in [1.807, 2.05) is 12.4 Å². The van der Waals surface area contributed by atoms with Crippen molar-refractivity contribution < 1.29 is 0 Å². The van der Waals surface area contributed by atoms with Crippen LogP contribution in [0.25, 0.3) is 0 Å². The van der Waals surface area contributed by atoms with Crippen molar-refractivity contribution >= 4 is 0 Å². The first kappa shape index (κ1) is 13.8. The predicted molar refractivity (Wildman–Crippen MR) is 81.4 cm³/mol. The molecule has 2 rings (SSSR count). The first-order chi connectivity index (χ1) is 9.29. The molecule has 0 radical (unpaired) electrons. The molecular weight excluding hydrogens is 230 g/mol. The maximum atomic E-state index is 4.20. The lowest BCUT2D eigenvalue weighted by Gasteiger charge is -2.07. The first-order valence-corrected chi connectivity index (χ1v) is 7.27. The highest BCUT2D eigenvalue weighted by Gasteiger charge is 2.00. The third-order valence-corrected chi connectivity index (χ3v) is 3.63. The van der Waals surface area contributed by atoms with E-state index in [-0.39, 0.29) is 0 Å². The molecule has 0 spiro atoms. The molecule has 0 aliphatic heterocycles. The lowest BCUT2D eigenvalue weighted by molar-refractivity contribution is 0.728. The number of unbranched alkanes of at least 4 members (excludes halogenated alkanes) is 1. The average Bonchev–Trinajstić information content (AvgIpc) is 2.44. The SMILES string of the molecule is CCc1cnccc1CCCCc1cccc(C)c1. The molecule has 0 bridgehead atoms. The molecule has 0 N–H and O–H groups in total. The lowest BCUT2D eigenvalue weighted by Crippen LogP contribution is -1.95. The van der Waals surface area contributed by atoms with Crippen LogP contribution < -0.4 is 0 Å². The van der Waals surface area contributed by atoms with Crippen molar-refractivity contribution in [1.82, 2.24) is 4.98 Å². The molecule has 0 atom stereocenters. The van der Waals surface area contributed by atoms with Gasteiger partial charge in [0.15, 0.2) is 0 Å². The quantitative estimate of drug-likeness (QED) is 0.690. The van der Waals surface area contributed by atoms with Crippen molar-refractivity contribution in [3.05, 3.63) is 65.0 Å². The standard InChI is InChI=1S/C18H23N/c1-3-17-14-19-12-11-18(17)10-5-4-8-16-9-6-7-15(2)13-16/h6-7,9,11-14H,3-5,8,10H2,1-2H3. The summed E-state index contributed by atoms with van der Waals surface area (Å²) in [5.74, 6) is 0. The van der Waals surface area contributed by atoms with Crippen LogP contribution in [-0.4, -0.2) is 4.98 Å². The fourth-order valence-electron chi connectivity index (χ4n) is 2.53. The van der Waals surface area contributed by atoms with E-state index in [9.17, 15) is 0 Å². The molecule has 1 heteroatoms. The smallest absolute Gasteiger partial charge is 0.0302 e. The minimum atomic E-state index is 1.08. The van der Waals surface area contributed by atoms with E-state index in [0.29, 0.717) is 0 Å². The zero-order valence-electron chi connectivity index (χ0n) is 12.0. The van der Waals surface area contributed by atoms with Gasteiger partial charge >= 0.3 is 0 Å². The van der Waals surface area contributed by atoms with Gasteiger partial charge in [0.2, 0.25) is 0 Å². The zero-order valence-corrected chi connectivity index (χ0v) is 12.0. The third-order valence-electron chi connectivity index (χ3n) is 3.63. The van der Waals surface area contributed by atoms with Gasteiger partial charge < -0.3 is 0 Å². The van der Waals surface area contributed by atoms with Crippen molar-refractivity contribution in [2.45, 2.75) is 46.0 Å². The zero-order chi connectivity index (χ0) is 13.5. The first-order valence-electron chi connectivity index (χ1n) is 7.27. The van der Waals surface area contributed by atoms with Gasteiger partial charge in [-0.3, -0.25) is 4.98 Å². The molecule has 0 unspecified atom stereocenters. The molecule has 0 fully saturated rings. The van der Waals surface area contributed by atoms with Gasteiger partial charge in [-0.15, -0.1) is 0 Å². The average molecular weight is 253 g/mol. The maximum absolute atomic E-state index is 4.20. The summed E-state index contributed by atoms with van der Waals surface area (Å²) in [5, 5.41) is 0. The Labute approximate surface area is 116 Å². The van der Waals surface area contributed by atoms with Crippen LogP contribution in [0.2, 0.25) is 0 Å². The second kappa shape index (κ2) is 7.08. The summed E-state index contributed by atoms with van der Waals surface area (Å²) < 4.78 is 0. The van der Waals surface area contributed by atoms with E-state index >= 15 is 0 Å². The molecule has 1 heterocycles. The number of hydrogen-bond donors (Lipinski definition) is 0. The fraction of sp³-hybridized carbons (Fsp3) is 0.389. The Balaban J connectivity index is 1.81. The number of rotatable bonds is 6. The van der Waals surface area contributed by atoms with Gasteiger partial charge in [0.05, 0.1) is 0 Å². The molecule has 0 aliphatic carbocycles. The summed E-state index contributed by atoms with van der Waals surface area (Å²) >= 11 is 0. The number of aromatic nitrogens is 1. The number of pyridine rings is 1. The van der Waals surface area contributed by atoms with Crippen molar-refractivity contribution in [3.8, 4) is 0 Å². The van der Waals surface area contributed by atoms with E-state index in [1.165, 1.54) is 47.9 Å². The summed E-state index contributed by atoms with van der Waals surface area (Å²) in [7, 11) is 0. The van der Waals surface area contributed by atoms with Gasteiger partial charge in [-0.05, 0) is 61.8 Å². The van der Waals surface area contributed by atoms with Crippen LogP contribution in [0.4, 0.5) is 0 Å². The Morgan fingerprint density at radius 1 is 1.00 bits per heavy atom. The monoisotopic (exact) mass is 253 g/mol. The van der Waals surface area contributed by atoms with E-state index < -0.39 is 0 Å². The van der Waals surface area contributed by atoms with Crippen molar-refractivity contribution in [2.75, 3.05) is 0 Å². The molecule has 0 amide bonds. The predicted octanol–water partition coefficient (Wildman–Crippen LogP) is 4.52. The van der Waals surface area contributed by atoms with Crippen LogP contribution in [0.1, 0.15) is 42.0 Å². The number of aryl methyl sites for hydroxylation is 4. The second-order valence-electron chi connectivity index (χ2n) is 5.19. The molecule has 1 aromatic carbocycles. The van der Waals surface area contributed by atoms with Crippen molar-refractivity contribution in [3.63, 3.8) is 0 Å². The van der Waals surface area contributed by atoms with E-state index in [2.05, 4.69) is 49.2 Å². The summed E-state index contributed by atoms with van der Waals surface area (Å²) in [5.41, 5.74) is 5.70. The number of hydrogen-bond acceptors (Lipinski definition) is 1. The maximum Gasteiger partial charge on any atom is 0.0302 e. The Morgan fingerprint density at radius 3 is 2.63 bits per heavy atom. The largest absolute Gasteiger partial charge is 0.264 e. The van der Waals surface area contributed by atoms with Gasteiger partial charge in [0, 0.05) is 12.4 Å². The fourth-order valence-corrected chi connectivity index (χ4v) is 2.53. The summed E-state index contributed by atoms with van der Waals surface area (Å²) in [6, 6.07) is 11.0. The van der Waals surface area contributed by atoms with Crippen molar-refractivity contribution in [2.24, 2.45) is 0 Å². The molecule has 100 valence electrons. The van der Waals surface area contributed by atoms with Crippen LogP contribution in [0.15, 0.2) is 42.7 Å². The molecular formula is C18H23N. The van der Waals surface area contributed by atoms with E-state index in [4.69, 9.17) is 0 Å². The summed E-state index contributed by atoms with van der Waals surface area (Å²) in [4.78, 5) is 4.20. The van der Waals surface area contributed by atoms with E-state index in [1.54, 1.807) is 0 Å². The van der Waals surface area contributed by atoms with Crippen molar-refractivity contribution in [1.29, 1.82) is 0 Å². The van der Waals surface area contributed by atoms with Crippen LogP contribution in [0, 0.1) is 6.92 Å². The molecule has 0 aliphatic rings. The topological polar surface area (TPSA) is 12.9 Å². The van der Waals surface area contributed by atoms with Crippen LogP contribution in [0.3, 0.4) is 0 Å². The summed E-state index contributed by atoms with van der Waals surface area (Å²) in [6.07, 6.45) is 9.89. The Kier molecular flexibility index (Phi) is 5.14. The van der Waals surface area contributed by atoms with Crippen LogP contribution in [-0.2, 0) is 19.3 Å². The highest BCUT2D eigenvalue weighted by molar-refractivity contribution is 5.24. The minimum absolute atomic E-state index is 1.08. The van der Waals surface area contributed by atoms with Gasteiger partial charge in [-0.25, -0.2) is 0 Å². The van der Waals surface area contributed by atoms with Crippen LogP contribution >= 0.6 is 0 Å². The molecule has 2 aromatic rings. The Morgan fingerprint density at radius 2 is 1.84 bits per heavy atom. The highest BCUT2D eigenvalue weighted by atomic mass is 14.6. The van der Waals surface area contributed by atoms with Gasteiger partial charge in [0.25, 0.3) is 0 Å². The number of benzene rings is 1. The minimum Gasteiger partial charge on any atom is -0.264 e. The molecule has 19 heavy (non-hydrogen) atoms. The Hall–Kier alpha value is -1.63. The highest BCUT2D eigenvalue weighted by Crippen LogP contribution is 2.13. The summed E-state index contributed by atoms with van der Waals surface area (Å²) in [6.45, 7) is 4.36. The van der Waals surface area contributed by atoms with E-state index in [0.717, 1.165) is 6.42 Å². The third kappa shape index (κ3) is 4.20. The second-order valence-corrected chi connectivity index (χ2v) is 5.19. The molecule has 1 aromatic heterocycles. The molecule has 0 saturated carbocycles. The lowest BCUT2D eigenvalue weighted by atomic mass is 10.00. The molecule has 0 saturated heterocycles. The normalized spacial score (nSPS) is 10.6. The molecule has 1 nitrogen and oxygen atoms in total.